The number of halogens is 1. The van der Waals surface area contributed by atoms with Gasteiger partial charge in [0.15, 0.2) is 0 Å². The highest BCUT2D eigenvalue weighted by atomic mass is 79.9. The fourth-order valence-corrected chi connectivity index (χ4v) is 2.32. The van der Waals surface area contributed by atoms with E-state index in [0.29, 0.717) is 11.8 Å². The molecule has 0 radical (unpaired) electrons. The molecule has 102 valence electrons. The minimum Gasteiger partial charge on any atom is -0.302 e. The van der Waals surface area contributed by atoms with E-state index in [9.17, 15) is 9.46 Å². The van der Waals surface area contributed by atoms with Gasteiger partial charge >= 0.3 is 7.82 Å². The maximum atomic E-state index is 11.2. The van der Waals surface area contributed by atoms with Crippen LogP contribution in [0.4, 0.5) is 0 Å². The molecular weight excluding hydrogens is 307 g/mol. The number of phosphoric ester groups is 1. The van der Waals surface area contributed by atoms with Gasteiger partial charge in [0, 0.05) is 5.33 Å². The van der Waals surface area contributed by atoms with Crippen molar-refractivity contribution < 1.29 is 18.5 Å². The third-order valence-corrected chi connectivity index (χ3v) is 3.35. The summed E-state index contributed by atoms with van der Waals surface area (Å²) in [5, 5.41) is 0.512. The maximum Gasteiger partial charge on any atom is 0.472 e. The maximum absolute atomic E-state index is 11.2. The van der Waals surface area contributed by atoms with Crippen LogP contribution in [0.2, 0.25) is 0 Å². The Morgan fingerprint density at radius 3 is 2.47 bits per heavy atom. The molecule has 1 unspecified atom stereocenters. The smallest absolute Gasteiger partial charge is 0.302 e. The lowest BCUT2D eigenvalue weighted by atomic mass is 10.2. The highest BCUT2D eigenvalue weighted by molar-refractivity contribution is 9.09. The summed E-state index contributed by atoms with van der Waals surface area (Å²) in [7, 11) is -3.84. The molecule has 0 aliphatic carbocycles. The van der Waals surface area contributed by atoms with E-state index in [-0.39, 0.29) is 13.2 Å². The molecule has 0 aliphatic rings. The molecule has 0 saturated carbocycles. The van der Waals surface area contributed by atoms with E-state index in [1.165, 1.54) is 19.3 Å². The van der Waals surface area contributed by atoms with Crippen LogP contribution >= 0.6 is 23.8 Å². The van der Waals surface area contributed by atoms with Crippen molar-refractivity contribution in [2.24, 2.45) is 0 Å². The number of hydrogen-bond acceptors (Lipinski definition) is 3. The molecule has 0 saturated heterocycles. The molecule has 1 N–H and O–H groups in total. The summed E-state index contributed by atoms with van der Waals surface area (Å²) in [6, 6.07) is 0. The Kier molecular flexibility index (Phi) is 11.6. The van der Waals surface area contributed by atoms with Crippen molar-refractivity contribution in [3.05, 3.63) is 12.2 Å². The molecular formula is C11H22BrO4P. The van der Waals surface area contributed by atoms with Crippen LogP contribution in [0.1, 0.15) is 39.0 Å². The Morgan fingerprint density at radius 1 is 1.18 bits per heavy atom. The van der Waals surface area contributed by atoms with Gasteiger partial charge in [-0.05, 0) is 19.3 Å². The molecule has 0 amide bonds. The van der Waals surface area contributed by atoms with Gasteiger partial charge in [-0.1, -0.05) is 47.8 Å². The Balaban J connectivity index is 3.46. The largest absolute Gasteiger partial charge is 0.472 e. The summed E-state index contributed by atoms with van der Waals surface area (Å²) in [6.07, 6.45) is 9.41. The van der Waals surface area contributed by atoms with Gasteiger partial charge in [-0.25, -0.2) is 4.57 Å². The monoisotopic (exact) mass is 328 g/mol. The predicted molar refractivity (Wildman–Crippen MR) is 73.4 cm³/mol. The molecule has 0 spiro atoms. The first-order valence-electron chi connectivity index (χ1n) is 5.95. The van der Waals surface area contributed by atoms with Crippen molar-refractivity contribution in [2.45, 2.75) is 39.0 Å². The normalized spacial score (nSPS) is 15.2. The third-order valence-electron chi connectivity index (χ3n) is 2.01. The van der Waals surface area contributed by atoms with Crippen LogP contribution in [0.3, 0.4) is 0 Å². The lowest BCUT2D eigenvalue weighted by Gasteiger charge is -2.09. The number of hydrogen-bond donors (Lipinski definition) is 1. The zero-order valence-electron chi connectivity index (χ0n) is 10.3. The second-order valence-corrected chi connectivity index (χ2v) is 5.83. The van der Waals surface area contributed by atoms with E-state index in [2.05, 4.69) is 33.5 Å². The van der Waals surface area contributed by atoms with E-state index >= 15 is 0 Å². The van der Waals surface area contributed by atoms with Gasteiger partial charge in [-0.2, -0.15) is 0 Å². The zero-order valence-corrected chi connectivity index (χ0v) is 12.8. The summed E-state index contributed by atoms with van der Waals surface area (Å²) in [6.45, 7) is 2.55. The molecule has 1 atom stereocenters. The SMILES string of the molecule is CCCCC/C=C\CCOP(=O)(O)OCCBr. The van der Waals surface area contributed by atoms with Crippen LogP contribution in [0.5, 0.6) is 0 Å². The van der Waals surface area contributed by atoms with E-state index in [0.717, 1.165) is 6.42 Å². The predicted octanol–water partition coefficient (Wildman–Crippen LogP) is 4.04. The minimum atomic E-state index is -3.84. The fourth-order valence-electron chi connectivity index (χ4n) is 1.17. The van der Waals surface area contributed by atoms with Gasteiger partial charge in [-0.15, -0.1) is 0 Å². The quantitative estimate of drug-likeness (QED) is 0.269. The lowest BCUT2D eigenvalue weighted by Crippen LogP contribution is -1.98. The van der Waals surface area contributed by atoms with Crippen molar-refractivity contribution in [3.8, 4) is 0 Å². The number of phosphoric acid groups is 1. The Hall–Kier alpha value is 0.330. The molecule has 0 rings (SSSR count). The van der Waals surface area contributed by atoms with Gasteiger partial charge in [0.05, 0.1) is 13.2 Å². The molecule has 0 heterocycles. The Bertz CT molecular complexity index is 246. The number of alkyl halides is 1. The van der Waals surface area contributed by atoms with Gasteiger partial charge in [0.25, 0.3) is 0 Å². The number of unbranched alkanes of at least 4 members (excludes halogenated alkanes) is 3. The van der Waals surface area contributed by atoms with Crippen LogP contribution in [-0.2, 0) is 13.6 Å². The van der Waals surface area contributed by atoms with Gasteiger partial charge in [-0.3, -0.25) is 9.05 Å². The summed E-state index contributed by atoms with van der Waals surface area (Å²) in [5.74, 6) is 0. The highest BCUT2D eigenvalue weighted by Gasteiger charge is 2.19. The van der Waals surface area contributed by atoms with Crippen molar-refractivity contribution in [2.75, 3.05) is 18.5 Å². The molecule has 0 aromatic heterocycles. The number of allylic oxidation sites excluding steroid dienone is 1. The third kappa shape index (κ3) is 12.6. The average Bonchev–Trinajstić information content (AvgIpc) is 2.30. The van der Waals surface area contributed by atoms with E-state index in [1.54, 1.807) is 0 Å². The first-order chi connectivity index (χ1) is 8.12. The van der Waals surface area contributed by atoms with Crippen molar-refractivity contribution in [3.63, 3.8) is 0 Å². The van der Waals surface area contributed by atoms with Gasteiger partial charge < -0.3 is 4.89 Å². The molecule has 0 aromatic rings. The first kappa shape index (κ1) is 17.3. The molecule has 0 aliphatic heterocycles. The van der Waals surface area contributed by atoms with E-state index in [4.69, 9.17) is 4.52 Å². The standard InChI is InChI=1S/C11H22BrO4P/c1-2-3-4-5-6-7-8-10-15-17(13,14)16-11-9-12/h6-7H,2-5,8-11H2,1H3,(H,13,14)/b7-6-. The van der Waals surface area contributed by atoms with Crippen LogP contribution in [0, 0.1) is 0 Å². The molecule has 0 aromatic carbocycles. The minimum absolute atomic E-state index is 0.167. The molecule has 0 bridgehead atoms. The number of rotatable bonds is 11. The van der Waals surface area contributed by atoms with Crippen molar-refractivity contribution in [1.82, 2.24) is 0 Å². The van der Waals surface area contributed by atoms with E-state index in [1.807, 2.05) is 6.08 Å². The average molecular weight is 329 g/mol. The molecule has 17 heavy (non-hydrogen) atoms. The van der Waals surface area contributed by atoms with Crippen LogP contribution in [0.15, 0.2) is 12.2 Å². The van der Waals surface area contributed by atoms with Gasteiger partial charge in [0.1, 0.15) is 0 Å². The second-order valence-electron chi connectivity index (χ2n) is 3.58. The summed E-state index contributed by atoms with van der Waals surface area (Å²) < 4.78 is 20.6. The Morgan fingerprint density at radius 2 is 1.82 bits per heavy atom. The second kappa shape index (κ2) is 11.4. The highest BCUT2D eigenvalue weighted by Crippen LogP contribution is 2.43. The topological polar surface area (TPSA) is 55.8 Å². The Labute approximate surface area is 112 Å². The van der Waals surface area contributed by atoms with Crippen molar-refractivity contribution in [1.29, 1.82) is 0 Å². The summed E-state index contributed by atoms with van der Waals surface area (Å²) >= 11 is 3.10. The van der Waals surface area contributed by atoms with E-state index < -0.39 is 7.82 Å². The molecule has 6 heteroatoms. The van der Waals surface area contributed by atoms with Crippen LogP contribution < -0.4 is 0 Å². The summed E-state index contributed by atoms with van der Waals surface area (Å²) in [4.78, 5) is 9.18. The van der Waals surface area contributed by atoms with Crippen LogP contribution in [-0.4, -0.2) is 23.4 Å². The molecule has 4 nitrogen and oxygen atoms in total. The van der Waals surface area contributed by atoms with Crippen molar-refractivity contribution >= 4 is 23.8 Å². The first-order valence-corrected chi connectivity index (χ1v) is 8.57. The molecule has 0 fully saturated rings. The van der Waals surface area contributed by atoms with Crippen LogP contribution in [0.25, 0.3) is 0 Å². The fraction of sp³-hybridized carbons (Fsp3) is 0.818. The summed E-state index contributed by atoms with van der Waals surface area (Å²) in [5.41, 5.74) is 0. The lowest BCUT2D eigenvalue weighted by molar-refractivity contribution is 0.158. The zero-order chi connectivity index (χ0) is 13.0. The van der Waals surface area contributed by atoms with Gasteiger partial charge in [0.2, 0.25) is 0 Å².